The molecule has 0 atom stereocenters. The summed E-state index contributed by atoms with van der Waals surface area (Å²) in [6, 6.07) is 3.54. The van der Waals surface area contributed by atoms with E-state index in [4.69, 9.17) is 0 Å². The molecule has 0 bridgehead atoms. The SMILES string of the molecule is CNc1cc(S(=O)(=O)Nc2ncc(C)s2)ccc1[N+](=O)[O-]. The summed E-state index contributed by atoms with van der Waals surface area (Å²) < 4.78 is 26.8. The third-order valence-electron chi connectivity index (χ3n) is 2.59. The Morgan fingerprint density at radius 2 is 2.10 bits per heavy atom. The molecule has 0 aliphatic heterocycles. The van der Waals surface area contributed by atoms with Crippen LogP contribution in [0, 0.1) is 17.0 Å². The summed E-state index contributed by atoms with van der Waals surface area (Å²) >= 11 is 1.20. The third-order valence-corrected chi connectivity index (χ3v) is 4.88. The first-order chi connectivity index (χ1) is 9.83. The minimum Gasteiger partial charge on any atom is -0.383 e. The Labute approximate surface area is 125 Å². The molecule has 0 spiro atoms. The summed E-state index contributed by atoms with van der Waals surface area (Å²) in [5.41, 5.74) is -0.0697. The van der Waals surface area contributed by atoms with Crippen molar-refractivity contribution in [3.05, 3.63) is 39.4 Å². The molecule has 2 aromatic rings. The zero-order valence-electron chi connectivity index (χ0n) is 11.2. The Kier molecular flexibility index (Phi) is 4.09. The van der Waals surface area contributed by atoms with Crippen molar-refractivity contribution in [2.75, 3.05) is 17.1 Å². The fraction of sp³-hybridized carbons (Fsp3) is 0.182. The number of benzene rings is 1. The van der Waals surface area contributed by atoms with Crippen LogP contribution in [0.25, 0.3) is 0 Å². The first kappa shape index (κ1) is 15.2. The number of hydrogen-bond donors (Lipinski definition) is 2. The zero-order chi connectivity index (χ0) is 15.6. The van der Waals surface area contributed by atoms with E-state index in [9.17, 15) is 18.5 Å². The van der Waals surface area contributed by atoms with Crippen molar-refractivity contribution in [2.24, 2.45) is 0 Å². The molecule has 0 unspecified atom stereocenters. The first-order valence-electron chi connectivity index (χ1n) is 5.75. The predicted octanol–water partition coefficient (Wildman–Crippen LogP) is 2.20. The van der Waals surface area contributed by atoms with Gasteiger partial charge in [0.1, 0.15) is 5.69 Å². The Hall–Kier alpha value is -2.20. The van der Waals surface area contributed by atoms with Crippen LogP contribution in [0.3, 0.4) is 0 Å². The molecule has 0 saturated carbocycles. The highest BCUT2D eigenvalue weighted by molar-refractivity contribution is 7.93. The molecule has 0 aliphatic rings. The number of nitro benzene ring substituents is 1. The van der Waals surface area contributed by atoms with Gasteiger partial charge in [-0.15, -0.1) is 11.3 Å². The maximum atomic E-state index is 12.2. The first-order valence-corrected chi connectivity index (χ1v) is 8.05. The minimum atomic E-state index is -3.84. The van der Waals surface area contributed by atoms with E-state index in [0.717, 1.165) is 10.9 Å². The molecule has 21 heavy (non-hydrogen) atoms. The van der Waals surface area contributed by atoms with E-state index in [2.05, 4.69) is 15.0 Å². The zero-order valence-corrected chi connectivity index (χ0v) is 12.8. The maximum absolute atomic E-state index is 12.2. The second-order valence-electron chi connectivity index (χ2n) is 4.07. The Morgan fingerprint density at radius 3 is 2.62 bits per heavy atom. The van der Waals surface area contributed by atoms with Crippen molar-refractivity contribution in [1.82, 2.24) is 4.98 Å². The van der Waals surface area contributed by atoms with Gasteiger partial charge in [-0.25, -0.2) is 13.4 Å². The van der Waals surface area contributed by atoms with Crippen molar-refractivity contribution in [3.8, 4) is 0 Å². The number of nitrogens with zero attached hydrogens (tertiary/aromatic N) is 2. The van der Waals surface area contributed by atoms with Crippen LogP contribution in [0.1, 0.15) is 4.88 Å². The van der Waals surface area contributed by atoms with Crippen molar-refractivity contribution in [1.29, 1.82) is 0 Å². The highest BCUT2D eigenvalue weighted by Gasteiger charge is 2.20. The standard InChI is InChI=1S/C11H12N4O4S2/c1-7-6-13-11(20-7)14-21(18,19)8-3-4-10(15(16)17)9(5-8)12-2/h3-6,12H,1-2H3,(H,13,14). The quantitative estimate of drug-likeness (QED) is 0.642. The number of nitrogens with one attached hydrogen (secondary N) is 2. The normalized spacial score (nSPS) is 11.1. The van der Waals surface area contributed by atoms with Gasteiger partial charge in [0, 0.05) is 24.2 Å². The lowest BCUT2D eigenvalue weighted by Crippen LogP contribution is -2.13. The summed E-state index contributed by atoms with van der Waals surface area (Å²) in [6.45, 7) is 1.81. The van der Waals surface area contributed by atoms with Crippen LogP contribution >= 0.6 is 11.3 Å². The van der Waals surface area contributed by atoms with Crippen molar-refractivity contribution in [3.63, 3.8) is 0 Å². The van der Waals surface area contributed by atoms with Gasteiger partial charge in [0.05, 0.1) is 9.82 Å². The van der Waals surface area contributed by atoms with E-state index in [0.29, 0.717) is 0 Å². The average Bonchev–Trinajstić information content (AvgIpc) is 2.82. The average molecular weight is 328 g/mol. The van der Waals surface area contributed by atoms with Crippen LogP contribution in [0.15, 0.2) is 29.3 Å². The van der Waals surface area contributed by atoms with Gasteiger partial charge in [-0.05, 0) is 19.1 Å². The highest BCUT2D eigenvalue weighted by Crippen LogP contribution is 2.28. The summed E-state index contributed by atoms with van der Waals surface area (Å²) in [6.07, 6.45) is 1.55. The van der Waals surface area contributed by atoms with Gasteiger partial charge in [0.15, 0.2) is 5.13 Å². The molecule has 1 aromatic heterocycles. The Balaban J connectivity index is 2.38. The highest BCUT2D eigenvalue weighted by atomic mass is 32.2. The van der Waals surface area contributed by atoms with Crippen LogP contribution in [0.2, 0.25) is 0 Å². The van der Waals surface area contributed by atoms with Crippen molar-refractivity contribution < 1.29 is 13.3 Å². The lowest BCUT2D eigenvalue weighted by atomic mass is 10.3. The molecule has 0 saturated heterocycles. The van der Waals surface area contributed by atoms with Crippen LogP contribution < -0.4 is 10.0 Å². The molecule has 1 aromatic carbocycles. The van der Waals surface area contributed by atoms with Crippen LogP contribution in [-0.2, 0) is 10.0 Å². The molecule has 0 radical (unpaired) electrons. The molecule has 1 heterocycles. The second kappa shape index (κ2) is 5.66. The van der Waals surface area contributed by atoms with Crippen LogP contribution in [0.4, 0.5) is 16.5 Å². The lowest BCUT2D eigenvalue weighted by molar-refractivity contribution is -0.384. The number of rotatable bonds is 5. The Morgan fingerprint density at radius 1 is 1.38 bits per heavy atom. The van der Waals surface area contributed by atoms with Gasteiger partial charge in [-0.2, -0.15) is 0 Å². The molecular weight excluding hydrogens is 316 g/mol. The molecule has 8 nitrogen and oxygen atoms in total. The fourth-order valence-corrected chi connectivity index (χ4v) is 3.55. The van der Waals surface area contributed by atoms with E-state index >= 15 is 0 Å². The predicted molar refractivity (Wildman–Crippen MR) is 80.3 cm³/mol. The topological polar surface area (TPSA) is 114 Å². The van der Waals surface area contributed by atoms with Gasteiger partial charge >= 0.3 is 0 Å². The van der Waals surface area contributed by atoms with Crippen molar-refractivity contribution >= 4 is 37.9 Å². The summed E-state index contributed by atoms with van der Waals surface area (Å²) in [5.74, 6) is 0. The number of aromatic nitrogens is 1. The third kappa shape index (κ3) is 3.28. The molecule has 0 aliphatic carbocycles. The summed E-state index contributed by atoms with van der Waals surface area (Å²) in [7, 11) is -2.36. The number of nitro groups is 1. The second-order valence-corrected chi connectivity index (χ2v) is 6.98. The molecule has 2 N–H and O–H groups in total. The minimum absolute atomic E-state index is 0.0784. The molecule has 112 valence electrons. The summed E-state index contributed by atoms with van der Waals surface area (Å²) in [5, 5.41) is 13.7. The number of sulfonamides is 1. The van der Waals surface area contributed by atoms with E-state index in [1.54, 1.807) is 13.1 Å². The smallest absolute Gasteiger partial charge is 0.292 e. The molecule has 2 rings (SSSR count). The number of anilines is 2. The van der Waals surface area contributed by atoms with E-state index in [-0.39, 0.29) is 21.4 Å². The van der Waals surface area contributed by atoms with Gasteiger partial charge in [0.25, 0.3) is 15.7 Å². The van der Waals surface area contributed by atoms with E-state index < -0.39 is 14.9 Å². The lowest BCUT2D eigenvalue weighted by Gasteiger charge is -2.07. The van der Waals surface area contributed by atoms with Gasteiger partial charge in [-0.3, -0.25) is 14.8 Å². The Bertz CT molecular complexity index is 785. The van der Waals surface area contributed by atoms with Crippen LogP contribution in [-0.4, -0.2) is 25.4 Å². The van der Waals surface area contributed by atoms with Crippen molar-refractivity contribution in [2.45, 2.75) is 11.8 Å². The summed E-state index contributed by atoms with van der Waals surface area (Å²) in [4.78, 5) is 15.0. The monoisotopic (exact) mass is 328 g/mol. The molecule has 0 fully saturated rings. The van der Waals surface area contributed by atoms with E-state index in [1.165, 1.54) is 30.5 Å². The fourth-order valence-electron chi connectivity index (χ4n) is 1.62. The molecular formula is C11H12N4O4S2. The number of thiazole rings is 1. The van der Waals surface area contributed by atoms with Gasteiger partial charge < -0.3 is 5.32 Å². The molecule has 0 amide bonds. The maximum Gasteiger partial charge on any atom is 0.292 e. The van der Waals surface area contributed by atoms with E-state index in [1.807, 2.05) is 0 Å². The molecule has 10 heteroatoms. The van der Waals surface area contributed by atoms with Crippen LogP contribution in [0.5, 0.6) is 0 Å². The number of aryl methyl sites for hydroxylation is 1. The van der Waals surface area contributed by atoms with Gasteiger partial charge in [0.2, 0.25) is 0 Å². The van der Waals surface area contributed by atoms with Gasteiger partial charge in [-0.1, -0.05) is 0 Å². The largest absolute Gasteiger partial charge is 0.383 e. The number of hydrogen-bond acceptors (Lipinski definition) is 7.